The first-order valence-corrected chi connectivity index (χ1v) is 12.3. The molecular weight excluding hydrogens is 489 g/mol. The molecule has 196 valence electrons. The minimum Gasteiger partial charge on any atom is -0.469 e. The van der Waals surface area contributed by atoms with Crippen molar-refractivity contribution in [3.8, 4) is 23.2 Å². The highest BCUT2D eigenvalue weighted by Crippen LogP contribution is 2.33. The summed E-state index contributed by atoms with van der Waals surface area (Å²) in [4.78, 5) is 27.7. The molecule has 1 aliphatic rings. The fourth-order valence-electron chi connectivity index (χ4n) is 4.48. The Bertz CT molecular complexity index is 1560. The third kappa shape index (κ3) is 4.77. The molecule has 0 bridgehead atoms. The second-order valence-corrected chi connectivity index (χ2v) is 10.2. The summed E-state index contributed by atoms with van der Waals surface area (Å²) in [5, 5.41) is 9.63. The summed E-state index contributed by atoms with van der Waals surface area (Å²) in [5.41, 5.74) is 3.23. The molecule has 0 saturated heterocycles. The van der Waals surface area contributed by atoms with Crippen LogP contribution in [0.25, 0.3) is 16.9 Å². The van der Waals surface area contributed by atoms with Crippen LogP contribution in [0, 0.1) is 24.1 Å². The maximum absolute atomic E-state index is 13.4. The topological polar surface area (TPSA) is 111 Å². The third-order valence-corrected chi connectivity index (χ3v) is 6.30. The molecule has 1 unspecified atom stereocenters. The molecule has 0 saturated carbocycles. The highest BCUT2D eigenvalue weighted by atomic mass is 19.1. The Morgan fingerprint density at radius 2 is 1.97 bits per heavy atom. The number of amides is 1. The van der Waals surface area contributed by atoms with Crippen molar-refractivity contribution in [2.45, 2.75) is 59.4 Å². The number of ether oxygens (including phenoxy) is 2. The first-order chi connectivity index (χ1) is 18.0. The van der Waals surface area contributed by atoms with Crippen LogP contribution in [-0.4, -0.2) is 47.1 Å². The van der Waals surface area contributed by atoms with E-state index in [1.807, 2.05) is 39.8 Å². The molecular formula is C27H28FN7O3. The summed E-state index contributed by atoms with van der Waals surface area (Å²) < 4.78 is 28.9. The zero-order valence-corrected chi connectivity index (χ0v) is 21.9. The van der Waals surface area contributed by atoms with Crippen molar-refractivity contribution in [2.24, 2.45) is 0 Å². The van der Waals surface area contributed by atoms with Gasteiger partial charge in [-0.1, -0.05) is 0 Å². The lowest BCUT2D eigenvalue weighted by atomic mass is 10.1. The number of rotatable bonds is 4. The average molecular weight is 518 g/mol. The minimum absolute atomic E-state index is 0.315. The van der Waals surface area contributed by atoms with Crippen molar-refractivity contribution in [1.82, 2.24) is 28.8 Å². The van der Waals surface area contributed by atoms with Crippen LogP contribution in [-0.2, 0) is 17.8 Å². The lowest BCUT2D eigenvalue weighted by molar-refractivity contribution is 0.0194. The Morgan fingerprint density at radius 1 is 1.18 bits per heavy atom. The van der Waals surface area contributed by atoms with Gasteiger partial charge in [0.25, 0.3) is 0 Å². The monoisotopic (exact) mass is 517 g/mol. The highest BCUT2D eigenvalue weighted by Gasteiger charge is 2.29. The summed E-state index contributed by atoms with van der Waals surface area (Å²) in [6, 6.07) is 8.68. The summed E-state index contributed by atoms with van der Waals surface area (Å²) >= 11 is 0. The second kappa shape index (κ2) is 9.45. The Labute approximate surface area is 219 Å². The van der Waals surface area contributed by atoms with Gasteiger partial charge in [0.15, 0.2) is 0 Å². The Morgan fingerprint density at radius 3 is 2.66 bits per heavy atom. The summed E-state index contributed by atoms with van der Waals surface area (Å²) in [6.07, 6.45) is 1.73. The van der Waals surface area contributed by atoms with Crippen molar-refractivity contribution >= 4 is 11.7 Å². The molecule has 0 fully saturated rings. The van der Waals surface area contributed by atoms with E-state index in [2.05, 4.69) is 20.6 Å². The molecule has 0 aromatic carbocycles. The van der Waals surface area contributed by atoms with Gasteiger partial charge in [0.2, 0.25) is 5.88 Å². The van der Waals surface area contributed by atoms with Gasteiger partial charge in [0.05, 0.1) is 30.3 Å². The van der Waals surface area contributed by atoms with E-state index in [0.29, 0.717) is 42.5 Å². The van der Waals surface area contributed by atoms with E-state index < -0.39 is 17.5 Å². The number of nitrogens with zero attached hydrogens (tertiary/aromatic N) is 7. The lowest BCUT2D eigenvalue weighted by Crippen LogP contribution is -2.41. The third-order valence-electron chi connectivity index (χ3n) is 6.30. The maximum Gasteiger partial charge on any atom is 0.410 e. The highest BCUT2D eigenvalue weighted by molar-refractivity contribution is 5.70. The van der Waals surface area contributed by atoms with Crippen LogP contribution in [0.5, 0.6) is 5.88 Å². The fourth-order valence-corrected chi connectivity index (χ4v) is 4.48. The summed E-state index contributed by atoms with van der Waals surface area (Å²) in [7, 11) is 0. The van der Waals surface area contributed by atoms with E-state index in [-0.39, 0.29) is 6.09 Å². The first-order valence-electron chi connectivity index (χ1n) is 12.3. The van der Waals surface area contributed by atoms with E-state index in [1.165, 1.54) is 12.3 Å². The Hall–Kier alpha value is -4.46. The number of pyridine rings is 2. The van der Waals surface area contributed by atoms with Gasteiger partial charge >= 0.3 is 6.09 Å². The molecule has 0 N–H and O–H groups in total. The number of hydrogen-bond acceptors (Lipinski definition) is 7. The molecule has 0 spiro atoms. The van der Waals surface area contributed by atoms with Crippen molar-refractivity contribution < 1.29 is 18.7 Å². The molecule has 1 aliphatic heterocycles. The number of nitriles is 1. The number of imidazole rings is 2. The number of halogens is 1. The molecule has 11 heteroatoms. The molecule has 0 radical (unpaired) electrons. The normalized spacial score (nSPS) is 14.2. The van der Waals surface area contributed by atoms with Crippen LogP contribution in [0.2, 0.25) is 0 Å². The zero-order valence-electron chi connectivity index (χ0n) is 21.9. The van der Waals surface area contributed by atoms with E-state index in [9.17, 15) is 14.4 Å². The quantitative estimate of drug-likeness (QED) is 0.382. The van der Waals surface area contributed by atoms with Gasteiger partial charge in [-0.05, 0) is 52.8 Å². The molecule has 0 aliphatic carbocycles. The zero-order chi connectivity index (χ0) is 27.2. The standard InChI is InChI=1S/C27H28FN7O3/c1-16-25(32-23-15-33(8-9-34(16)23)26(36)38-27(3,4)5)18-10-22-31-14-20(12-29)35(22)24(11-18)37-17(2)21-7-6-19(28)13-30-21/h6-7,10-11,13-14,17H,8-9,15H2,1-5H3. The fraction of sp³-hybridized carbons (Fsp3) is 0.370. The van der Waals surface area contributed by atoms with Gasteiger partial charge in [-0.25, -0.2) is 19.2 Å². The second-order valence-electron chi connectivity index (χ2n) is 10.2. The van der Waals surface area contributed by atoms with Crippen molar-refractivity contribution in [2.75, 3.05) is 6.54 Å². The minimum atomic E-state index is -0.579. The largest absolute Gasteiger partial charge is 0.469 e. The molecule has 4 aromatic heterocycles. The van der Waals surface area contributed by atoms with Crippen LogP contribution >= 0.6 is 0 Å². The van der Waals surface area contributed by atoms with Crippen molar-refractivity contribution in [3.05, 3.63) is 65.4 Å². The molecule has 1 amide bonds. The van der Waals surface area contributed by atoms with Crippen LogP contribution in [0.3, 0.4) is 0 Å². The number of aromatic nitrogens is 5. The Kier molecular flexibility index (Phi) is 6.26. The van der Waals surface area contributed by atoms with E-state index in [0.717, 1.165) is 29.0 Å². The van der Waals surface area contributed by atoms with Crippen LogP contribution in [0.15, 0.2) is 36.7 Å². The number of hydrogen-bond donors (Lipinski definition) is 0. The van der Waals surface area contributed by atoms with Crippen LogP contribution in [0.4, 0.5) is 9.18 Å². The van der Waals surface area contributed by atoms with Gasteiger partial charge in [-0.15, -0.1) is 0 Å². The SMILES string of the molecule is Cc1c(-c2cc(OC(C)c3ccc(F)cn3)n3c(C#N)cnc3c2)nc2n1CCN(C(=O)OC(C)(C)C)C2. The predicted molar refractivity (Wildman–Crippen MR) is 136 cm³/mol. The van der Waals surface area contributed by atoms with E-state index in [4.69, 9.17) is 14.5 Å². The van der Waals surface area contributed by atoms with Crippen molar-refractivity contribution in [1.29, 1.82) is 5.26 Å². The average Bonchev–Trinajstić information content (AvgIpc) is 3.44. The van der Waals surface area contributed by atoms with Gasteiger partial charge in [0, 0.05) is 30.4 Å². The molecule has 10 nitrogen and oxygen atoms in total. The number of carbonyl (C=O) groups is 1. The smallest absolute Gasteiger partial charge is 0.410 e. The van der Waals surface area contributed by atoms with Gasteiger partial charge in [-0.3, -0.25) is 14.3 Å². The van der Waals surface area contributed by atoms with Crippen LogP contribution in [0.1, 0.15) is 56.7 Å². The van der Waals surface area contributed by atoms with E-state index >= 15 is 0 Å². The summed E-state index contributed by atoms with van der Waals surface area (Å²) in [6.45, 7) is 10.7. The van der Waals surface area contributed by atoms with Gasteiger partial charge < -0.3 is 14.0 Å². The number of fused-ring (bicyclic) bond motifs is 2. The molecule has 38 heavy (non-hydrogen) atoms. The van der Waals surface area contributed by atoms with Crippen LogP contribution < -0.4 is 4.74 Å². The first kappa shape index (κ1) is 25.2. The van der Waals surface area contributed by atoms with Crippen molar-refractivity contribution in [3.63, 3.8) is 0 Å². The lowest BCUT2D eigenvalue weighted by Gasteiger charge is -2.30. The van der Waals surface area contributed by atoms with E-state index in [1.54, 1.807) is 22.3 Å². The number of carbonyl (C=O) groups excluding carboxylic acids is 1. The predicted octanol–water partition coefficient (Wildman–Crippen LogP) is 4.80. The maximum atomic E-state index is 13.4. The van der Waals surface area contributed by atoms with Gasteiger partial charge in [0.1, 0.15) is 40.8 Å². The molecule has 1 atom stereocenters. The Balaban J connectivity index is 1.51. The summed E-state index contributed by atoms with van der Waals surface area (Å²) in [5.74, 6) is 0.698. The molecule has 5 rings (SSSR count). The molecule has 4 aromatic rings. The van der Waals surface area contributed by atoms with Gasteiger partial charge in [-0.2, -0.15) is 5.26 Å². The molecule has 5 heterocycles.